The molecule has 0 saturated heterocycles. The van der Waals surface area contributed by atoms with E-state index in [1.807, 2.05) is 35.7 Å². The SMILES string of the molecule is C=CCN(C(=O)CSc1ncn[nH]1)c1nc(-c2ccccc2)cs1. The van der Waals surface area contributed by atoms with E-state index in [0.29, 0.717) is 16.8 Å². The third kappa shape index (κ3) is 3.90. The van der Waals surface area contributed by atoms with E-state index in [4.69, 9.17) is 0 Å². The van der Waals surface area contributed by atoms with E-state index in [-0.39, 0.29) is 11.7 Å². The predicted octanol–water partition coefficient (Wildman–Crippen LogP) is 3.24. The average Bonchev–Trinajstić information content (AvgIpc) is 3.30. The Labute approximate surface area is 147 Å². The highest BCUT2D eigenvalue weighted by atomic mass is 32.2. The largest absolute Gasteiger partial charge is 0.284 e. The van der Waals surface area contributed by atoms with Crippen molar-refractivity contribution in [3.63, 3.8) is 0 Å². The Bertz CT molecular complexity index is 801. The van der Waals surface area contributed by atoms with E-state index in [2.05, 4.69) is 26.7 Å². The van der Waals surface area contributed by atoms with Crippen LogP contribution in [0.4, 0.5) is 5.13 Å². The van der Waals surface area contributed by atoms with Gasteiger partial charge in [-0.15, -0.1) is 17.9 Å². The van der Waals surface area contributed by atoms with Crippen LogP contribution < -0.4 is 4.90 Å². The molecule has 1 N–H and O–H groups in total. The number of aromatic nitrogens is 4. The summed E-state index contributed by atoms with van der Waals surface area (Å²) in [5, 5.41) is 9.73. The number of nitrogens with one attached hydrogen (secondary N) is 1. The average molecular weight is 357 g/mol. The third-order valence-electron chi connectivity index (χ3n) is 3.13. The van der Waals surface area contributed by atoms with Crippen molar-refractivity contribution in [2.45, 2.75) is 5.16 Å². The molecule has 0 unspecified atom stereocenters. The Morgan fingerprint density at radius 2 is 2.21 bits per heavy atom. The van der Waals surface area contributed by atoms with Gasteiger partial charge in [0.1, 0.15) is 6.33 Å². The zero-order valence-electron chi connectivity index (χ0n) is 12.8. The first-order valence-electron chi connectivity index (χ1n) is 7.18. The van der Waals surface area contributed by atoms with Crippen molar-refractivity contribution in [3.8, 4) is 11.3 Å². The first-order valence-corrected chi connectivity index (χ1v) is 9.05. The molecule has 24 heavy (non-hydrogen) atoms. The number of benzene rings is 1. The number of amides is 1. The molecule has 0 aliphatic carbocycles. The molecule has 1 amide bonds. The van der Waals surface area contributed by atoms with Gasteiger partial charge in [0, 0.05) is 17.5 Å². The van der Waals surface area contributed by atoms with Crippen LogP contribution in [0, 0.1) is 0 Å². The summed E-state index contributed by atoms with van der Waals surface area (Å²) < 4.78 is 0. The number of rotatable bonds is 7. The van der Waals surface area contributed by atoms with Gasteiger partial charge >= 0.3 is 0 Å². The number of H-pyrrole nitrogens is 1. The molecule has 0 radical (unpaired) electrons. The number of thioether (sulfide) groups is 1. The second-order valence-corrected chi connectivity index (χ2v) is 6.55. The number of carbonyl (C=O) groups is 1. The molecule has 6 nitrogen and oxygen atoms in total. The third-order valence-corrected chi connectivity index (χ3v) is 4.86. The molecule has 2 aromatic heterocycles. The van der Waals surface area contributed by atoms with Crippen LogP contribution in [0.2, 0.25) is 0 Å². The maximum atomic E-state index is 12.5. The Hall–Kier alpha value is -2.45. The Morgan fingerprint density at radius 3 is 2.92 bits per heavy atom. The molecule has 1 aromatic carbocycles. The fraction of sp³-hybridized carbons (Fsp3) is 0.125. The second-order valence-electron chi connectivity index (χ2n) is 4.75. The predicted molar refractivity (Wildman–Crippen MR) is 97.2 cm³/mol. The van der Waals surface area contributed by atoms with Crippen molar-refractivity contribution in [1.82, 2.24) is 20.2 Å². The number of hydrogen-bond acceptors (Lipinski definition) is 6. The molecule has 0 saturated carbocycles. The van der Waals surface area contributed by atoms with Crippen molar-refractivity contribution in [2.24, 2.45) is 0 Å². The van der Waals surface area contributed by atoms with Gasteiger partial charge in [-0.2, -0.15) is 5.10 Å². The first-order chi connectivity index (χ1) is 11.8. The zero-order chi connectivity index (χ0) is 16.8. The van der Waals surface area contributed by atoms with Gasteiger partial charge in [-0.05, 0) is 0 Å². The summed E-state index contributed by atoms with van der Waals surface area (Å²) in [5.41, 5.74) is 1.89. The van der Waals surface area contributed by atoms with E-state index in [1.165, 1.54) is 29.4 Å². The lowest BCUT2D eigenvalue weighted by molar-refractivity contribution is -0.116. The standard InChI is InChI=1S/C16H15N5OS2/c1-2-8-21(14(22)10-23-15-17-11-18-20-15)16-19-13(9-24-16)12-6-4-3-5-7-12/h2-7,9,11H,1,8,10H2,(H,17,18,20). The van der Waals surface area contributed by atoms with Gasteiger partial charge in [-0.25, -0.2) is 9.97 Å². The van der Waals surface area contributed by atoms with Crippen LogP contribution in [-0.4, -0.2) is 38.4 Å². The molecule has 3 rings (SSSR count). The van der Waals surface area contributed by atoms with Crippen LogP contribution in [0.1, 0.15) is 0 Å². The summed E-state index contributed by atoms with van der Waals surface area (Å²) in [6.45, 7) is 4.15. The van der Waals surface area contributed by atoms with E-state index in [1.54, 1.807) is 11.0 Å². The van der Waals surface area contributed by atoms with Crippen LogP contribution in [0.25, 0.3) is 11.3 Å². The Balaban J connectivity index is 1.74. The van der Waals surface area contributed by atoms with E-state index >= 15 is 0 Å². The normalized spacial score (nSPS) is 10.5. The number of anilines is 1. The monoisotopic (exact) mass is 357 g/mol. The van der Waals surface area contributed by atoms with Crippen molar-refractivity contribution < 1.29 is 4.79 Å². The van der Waals surface area contributed by atoms with Crippen LogP contribution in [-0.2, 0) is 4.79 Å². The zero-order valence-corrected chi connectivity index (χ0v) is 14.4. The lowest BCUT2D eigenvalue weighted by Gasteiger charge is -2.17. The number of thiazole rings is 1. The minimum atomic E-state index is -0.0507. The summed E-state index contributed by atoms with van der Waals surface area (Å²) in [6.07, 6.45) is 3.11. The minimum absolute atomic E-state index is 0.0507. The van der Waals surface area contributed by atoms with Crippen LogP contribution >= 0.6 is 23.1 Å². The van der Waals surface area contributed by atoms with Crippen LogP contribution in [0.5, 0.6) is 0 Å². The van der Waals surface area contributed by atoms with Crippen LogP contribution in [0.3, 0.4) is 0 Å². The van der Waals surface area contributed by atoms with E-state index < -0.39 is 0 Å². The highest BCUT2D eigenvalue weighted by Gasteiger charge is 2.19. The van der Waals surface area contributed by atoms with E-state index in [9.17, 15) is 4.79 Å². The quantitative estimate of drug-likeness (QED) is 0.519. The summed E-state index contributed by atoms with van der Waals surface area (Å²) in [5.74, 6) is 0.203. The van der Waals surface area contributed by atoms with Crippen molar-refractivity contribution >= 4 is 34.1 Å². The second kappa shape index (κ2) is 7.89. The van der Waals surface area contributed by atoms with Gasteiger partial charge in [0.25, 0.3) is 0 Å². The summed E-state index contributed by atoms with van der Waals surface area (Å²) in [6, 6.07) is 9.89. The van der Waals surface area contributed by atoms with E-state index in [0.717, 1.165) is 11.3 Å². The molecule has 0 spiro atoms. The molecular formula is C16H15N5OS2. The number of nitrogens with zero attached hydrogens (tertiary/aromatic N) is 4. The number of aromatic amines is 1. The molecule has 8 heteroatoms. The first kappa shape index (κ1) is 16.4. The van der Waals surface area contributed by atoms with Gasteiger partial charge in [0.05, 0.1) is 11.4 Å². The lowest BCUT2D eigenvalue weighted by atomic mass is 10.2. The fourth-order valence-corrected chi connectivity index (χ4v) is 3.53. The number of carbonyl (C=O) groups excluding carboxylic acids is 1. The maximum absolute atomic E-state index is 12.5. The van der Waals surface area contributed by atoms with Gasteiger partial charge in [0.2, 0.25) is 5.91 Å². The molecule has 0 fully saturated rings. The minimum Gasteiger partial charge on any atom is -0.284 e. The van der Waals surface area contributed by atoms with Gasteiger partial charge in [-0.3, -0.25) is 14.8 Å². The summed E-state index contributed by atoms with van der Waals surface area (Å²) in [4.78, 5) is 22.8. The summed E-state index contributed by atoms with van der Waals surface area (Å²) >= 11 is 2.75. The molecule has 0 aliphatic heterocycles. The summed E-state index contributed by atoms with van der Waals surface area (Å²) in [7, 11) is 0. The Kier molecular flexibility index (Phi) is 5.39. The van der Waals surface area contributed by atoms with Crippen molar-refractivity contribution in [3.05, 3.63) is 54.7 Å². The molecule has 0 atom stereocenters. The highest BCUT2D eigenvalue weighted by molar-refractivity contribution is 7.99. The van der Waals surface area contributed by atoms with Crippen LogP contribution in [0.15, 0.2) is 59.9 Å². The Morgan fingerprint density at radius 1 is 1.38 bits per heavy atom. The molecular weight excluding hydrogens is 342 g/mol. The van der Waals surface area contributed by atoms with Gasteiger partial charge < -0.3 is 0 Å². The van der Waals surface area contributed by atoms with Gasteiger partial charge in [0.15, 0.2) is 10.3 Å². The highest BCUT2D eigenvalue weighted by Crippen LogP contribution is 2.28. The molecule has 0 aliphatic rings. The molecule has 0 bridgehead atoms. The van der Waals surface area contributed by atoms with Crippen molar-refractivity contribution in [1.29, 1.82) is 0 Å². The topological polar surface area (TPSA) is 74.8 Å². The van der Waals surface area contributed by atoms with Gasteiger partial charge in [-0.1, -0.05) is 48.2 Å². The van der Waals surface area contributed by atoms with Crippen molar-refractivity contribution in [2.75, 3.05) is 17.2 Å². The fourth-order valence-electron chi connectivity index (χ4n) is 2.02. The lowest BCUT2D eigenvalue weighted by Crippen LogP contribution is -2.32. The number of hydrogen-bond donors (Lipinski definition) is 1. The molecule has 122 valence electrons. The maximum Gasteiger partial charge on any atom is 0.239 e. The smallest absolute Gasteiger partial charge is 0.239 e. The molecule has 3 aromatic rings. The molecule has 2 heterocycles.